The zero-order chi connectivity index (χ0) is 13.0. The molecular weight excluding hydrogens is 254 g/mol. The molecule has 0 atom stereocenters. The van der Waals surface area contributed by atoms with Gasteiger partial charge in [0.15, 0.2) is 0 Å². The minimum Gasteiger partial charge on any atom is -0.322 e. The van der Waals surface area contributed by atoms with Crippen LogP contribution >= 0.6 is 11.6 Å². The Balaban J connectivity index is 2.19. The number of carbonyl (C=O) groups excluding carboxylic acids is 1. The molecule has 0 saturated heterocycles. The predicted molar refractivity (Wildman–Crippen MR) is 69.2 cm³/mol. The number of nitrogens with one attached hydrogen (secondary N) is 2. The van der Waals surface area contributed by atoms with Crippen molar-refractivity contribution in [1.29, 1.82) is 0 Å². The van der Waals surface area contributed by atoms with E-state index in [1.54, 1.807) is 18.2 Å². The number of nitrogen functional groups attached to an aromatic ring is 1. The van der Waals surface area contributed by atoms with Crippen LogP contribution in [0.15, 0.2) is 36.8 Å². The number of hydrazine groups is 1. The monoisotopic (exact) mass is 263 g/mol. The summed E-state index contributed by atoms with van der Waals surface area (Å²) in [5.74, 6) is 5.37. The van der Waals surface area contributed by atoms with Gasteiger partial charge in [0.05, 0.1) is 22.5 Å². The number of carbonyl (C=O) groups is 1. The maximum absolute atomic E-state index is 12.0. The second-order valence-corrected chi connectivity index (χ2v) is 3.82. The molecule has 0 aliphatic rings. The van der Waals surface area contributed by atoms with Gasteiger partial charge in [-0.2, -0.15) is 0 Å². The van der Waals surface area contributed by atoms with Crippen LogP contribution in [0.25, 0.3) is 0 Å². The number of hydrogen-bond acceptors (Lipinski definition) is 5. The van der Waals surface area contributed by atoms with Crippen molar-refractivity contribution in [2.75, 3.05) is 10.7 Å². The minimum atomic E-state index is -0.333. The molecule has 0 unspecified atom stereocenters. The first-order chi connectivity index (χ1) is 8.70. The van der Waals surface area contributed by atoms with Gasteiger partial charge in [-0.1, -0.05) is 11.6 Å². The average molecular weight is 264 g/mol. The number of pyridine rings is 2. The molecule has 7 heteroatoms. The molecular formula is C11H10ClN5O. The van der Waals surface area contributed by atoms with Crippen LogP contribution in [0.3, 0.4) is 0 Å². The second kappa shape index (κ2) is 5.44. The van der Waals surface area contributed by atoms with Crippen molar-refractivity contribution < 1.29 is 4.79 Å². The number of hydrogen-bond donors (Lipinski definition) is 3. The van der Waals surface area contributed by atoms with E-state index in [1.807, 2.05) is 0 Å². The molecule has 18 heavy (non-hydrogen) atoms. The van der Waals surface area contributed by atoms with E-state index in [2.05, 4.69) is 20.7 Å². The van der Waals surface area contributed by atoms with Crippen LogP contribution < -0.4 is 16.6 Å². The summed E-state index contributed by atoms with van der Waals surface area (Å²) in [6.45, 7) is 0. The van der Waals surface area contributed by atoms with Crippen molar-refractivity contribution >= 4 is 29.0 Å². The summed E-state index contributed by atoms with van der Waals surface area (Å²) in [5, 5.41) is 3.13. The van der Waals surface area contributed by atoms with Crippen LogP contribution in [-0.4, -0.2) is 15.9 Å². The van der Waals surface area contributed by atoms with Gasteiger partial charge >= 0.3 is 0 Å². The first kappa shape index (κ1) is 12.3. The van der Waals surface area contributed by atoms with Crippen LogP contribution in [0.1, 0.15) is 10.4 Å². The van der Waals surface area contributed by atoms with E-state index in [9.17, 15) is 4.79 Å². The molecule has 1 amide bonds. The molecule has 2 rings (SSSR count). The molecule has 92 valence electrons. The second-order valence-electron chi connectivity index (χ2n) is 3.38. The minimum absolute atomic E-state index is 0.333. The number of rotatable bonds is 3. The Kier molecular flexibility index (Phi) is 3.71. The summed E-state index contributed by atoms with van der Waals surface area (Å²) in [7, 11) is 0. The van der Waals surface area contributed by atoms with Gasteiger partial charge in [0.2, 0.25) is 0 Å². The molecule has 0 radical (unpaired) electrons. The lowest BCUT2D eigenvalue weighted by molar-refractivity contribution is 0.102. The molecule has 2 heterocycles. The molecule has 2 aromatic rings. The first-order valence-corrected chi connectivity index (χ1v) is 5.42. The van der Waals surface area contributed by atoms with Gasteiger partial charge in [0.1, 0.15) is 5.82 Å². The molecule has 0 bridgehead atoms. The van der Waals surface area contributed by atoms with E-state index < -0.39 is 0 Å². The van der Waals surface area contributed by atoms with Crippen molar-refractivity contribution in [1.82, 2.24) is 9.97 Å². The van der Waals surface area contributed by atoms with E-state index in [0.29, 0.717) is 22.1 Å². The van der Waals surface area contributed by atoms with Crippen molar-refractivity contribution in [3.05, 3.63) is 47.4 Å². The van der Waals surface area contributed by atoms with Crippen LogP contribution in [0.2, 0.25) is 5.02 Å². The normalized spacial score (nSPS) is 9.89. The average Bonchev–Trinajstić information content (AvgIpc) is 2.41. The topological polar surface area (TPSA) is 92.9 Å². The summed E-state index contributed by atoms with van der Waals surface area (Å²) in [5.41, 5.74) is 3.22. The fourth-order valence-electron chi connectivity index (χ4n) is 1.34. The fraction of sp³-hybridized carbons (Fsp3) is 0. The summed E-state index contributed by atoms with van der Waals surface area (Å²) < 4.78 is 0. The van der Waals surface area contributed by atoms with Crippen molar-refractivity contribution in [2.24, 2.45) is 5.84 Å². The first-order valence-electron chi connectivity index (χ1n) is 5.04. The molecule has 0 saturated carbocycles. The molecule has 0 fully saturated rings. The van der Waals surface area contributed by atoms with Gasteiger partial charge in [-0.15, -0.1) is 0 Å². The van der Waals surface area contributed by atoms with Crippen LogP contribution in [0.5, 0.6) is 0 Å². The van der Waals surface area contributed by atoms with Crippen LogP contribution in [0, 0.1) is 0 Å². The SMILES string of the molecule is NNc1cnccc1C(=O)Nc1ccc(Cl)cn1. The Bertz CT molecular complexity index is 558. The zero-order valence-electron chi connectivity index (χ0n) is 9.22. The van der Waals surface area contributed by atoms with Crippen molar-refractivity contribution in [3.8, 4) is 0 Å². The number of amides is 1. The third-order valence-corrected chi connectivity index (χ3v) is 2.41. The molecule has 6 nitrogen and oxygen atoms in total. The van der Waals surface area contributed by atoms with Gasteiger partial charge in [-0.05, 0) is 18.2 Å². The Hall–Kier alpha value is -2.18. The summed E-state index contributed by atoms with van der Waals surface area (Å²) in [6, 6.07) is 4.80. The van der Waals surface area contributed by atoms with Crippen molar-refractivity contribution in [2.45, 2.75) is 0 Å². The molecule has 0 aliphatic heterocycles. The van der Waals surface area contributed by atoms with Gasteiger partial charge in [-0.3, -0.25) is 15.6 Å². The molecule has 0 aromatic carbocycles. The highest BCUT2D eigenvalue weighted by Gasteiger charge is 2.11. The van der Waals surface area contributed by atoms with Gasteiger partial charge in [-0.25, -0.2) is 4.98 Å². The van der Waals surface area contributed by atoms with Crippen molar-refractivity contribution in [3.63, 3.8) is 0 Å². The molecule has 0 aliphatic carbocycles. The lowest BCUT2D eigenvalue weighted by Gasteiger charge is -2.08. The largest absolute Gasteiger partial charge is 0.322 e. The van der Waals surface area contributed by atoms with E-state index in [-0.39, 0.29) is 5.91 Å². The lowest BCUT2D eigenvalue weighted by atomic mass is 10.2. The Labute approximate surface area is 108 Å². The maximum Gasteiger partial charge on any atom is 0.259 e. The summed E-state index contributed by atoms with van der Waals surface area (Å²) >= 11 is 5.70. The Morgan fingerprint density at radius 2 is 2.11 bits per heavy atom. The number of nitrogens with zero attached hydrogens (tertiary/aromatic N) is 2. The smallest absolute Gasteiger partial charge is 0.259 e. The Morgan fingerprint density at radius 3 is 2.78 bits per heavy atom. The van der Waals surface area contributed by atoms with E-state index in [4.69, 9.17) is 17.4 Å². The fourth-order valence-corrected chi connectivity index (χ4v) is 1.45. The number of nitrogens with two attached hydrogens (primary N) is 1. The van der Waals surface area contributed by atoms with E-state index in [0.717, 1.165) is 0 Å². The summed E-state index contributed by atoms with van der Waals surface area (Å²) in [6.07, 6.45) is 4.42. The van der Waals surface area contributed by atoms with E-state index in [1.165, 1.54) is 18.6 Å². The highest BCUT2D eigenvalue weighted by Crippen LogP contribution is 2.15. The van der Waals surface area contributed by atoms with Gasteiger partial charge in [0.25, 0.3) is 5.91 Å². The zero-order valence-corrected chi connectivity index (χ0v) is 9.98. The number of anilines is 2. The number of halogens is 1. The Morgan fingerprint density at radius 1 is 1.28 bits per heavy atom. The van der Waals surface area contributed by atoms with Crippen LogP contribution in [0.4, 0.5) is 11.5 Å². The van der Waals surface area contributed by atoms with E-state index >= 15 is 0 Å². The third-order valence-electron chi connectivity index (χ3n) is 2.19. The quantitative estimate of drug-likeness (QED) is 0.579. The predicted octanol–water partition coefficient (Wildman–Crippen LogP) is 1.67. The molecule has 0 spiro atoms. The van der Waals surface area contributed by atoms with Crippen LogP contribution in [-0.2, 0) is 0 Å². The highest BCUT2D eigenvalue weighted by atomic mass is 35.5. The molecule has 4 N–H and O–H groups in total. The summed E-state index contributed by atoms with van der Waals surface area (Å²) in [4.78, 5) is 19.8. The standard InChI is InChI=1S/C11H10ClN5O/c12-7-1-2-10(15-5-7)16-11(18)8-3-4-14-6-9(8)17-13/h1-6,17H,13H2,(H,15,16,18). The van der Waals surface area contributed by atoms with Gasteiger partial charge in [0, 0.05) is 12.4 Å². The molecule has 2 aromatic heterocycles. The number of aromatic nitrogens is 2. The third kappa shape index (κ3) is 2.73. The lowest BCUT2D eigenvalue weighted by Crippen LogP contribution is -2.17. The maximum atomic E-state index is 12.0. The highest BCUT2D eigenvalue weighted by molar-refractivity contribution is 6.30. The van der Waals surface area contributed by atoms with Gasteiger partial charge < -0.3 is 10.7 Å².